The molecule has 1 aliphatic heterocycles. The summed E-state index contributed by atoms with van der Waals surface area (Å²) >= 11 is 12.5. The number of amides is 1. The molecule has 0 spiro atoms. The van der Waals surface area contributed by atoms with Crippen molar-refractivity contribution in [2.45, 2.75) is 72.1 Å². The topological polar surface area (TPSA) is 91.4 Å². The molecule has 1 saturated heterocycles. The van der Waals surface area contributed by atoms with Gasteiger partial charge in [0.1, 0.15) is 0 Å². The van der Waals surface area contributed by atoms with Gasteiger partial charge >= 0.3 is 6.09 Å². The van der Waals surface area contributed by atoms with E-state index < -0.39 is 28.2 Å². The number of nitrogens with one attached hydrogen (secondary N) is 1. The molecule has 1 fully saturated rings. The van der Waals surface area contributed by atoms with Gasteiger partial charge in [-0.15, -0.1) is 0 Å². The first kappa shape index (κ1) is 38.9. The monoisotopic (exact) mass is 736 g/mol. The second-order valence-electron chi connectivity index (χ2n) is 13.9. The zero-order chi connectivity index (χ0) is 35.9. The Hall–Kier alpha value is -2.93. The summed E-state index contributed by atoms with van der Waals surface area (Å²) in [7, 11) is 1.79. The number of hydrogen-bond acceptors (Lipinski definition) is 7. The van der Waals surface area contributed by atoms with Crippen molar-refractivity contribution < 1.29 is 27.1 Å². The summed E-state index contributed by atoms with van der Waals surface area (Å²) in [5.74, 6) is -0.485. The van der Waals surface area contributed by atoms with Crippen LogP contribution in [-0.2, 0) is 40.9 Å². The number of methoxy groups -OCH3 is 1. The fourth-order valence-corrected chi connectivity index (χ4v) is 7.94. The van der Waals surface area contributed by atoms with Crippen LogP contribution < -0.4 is 10.1 Å². The third-order valence-electron chi connectivity index (χ3n) is 8.28. The molecule has 1 heterocycles. The zero-order valence-corrected chi connectivity index (χ0v) is 31.3. The molecule has 9 nitrogen and oxygen atoms in total. The summed E-state index contributed by atoms with van der Waals surface area (Å²) in [6.07, 6.45) is -0.652. The molecule has 4 rings (SSSR count). The van der Waals surface area contributed by atoms with Crippen LogP contribution in [-0.4, -0.2) is 74.4 Å². The van der Waals surface area contributed by atoms with E-state index in [0.29, 0.717) is 22.2 Å². The van der Waals surface area contributed by atoms with Crippen molar-refractivity contribution in [1.29, 1.82) is 0 Å². The van der Waals surface area contributed by atoms with Crippen molar-refractivity contribution in [2.24, 2.45) is 5.41 Å². The van der Waals surface area contributed by atoms with E-state index in [-0.39, 0.29) is 49.0 Å². The molecule has 49 heavy (non-hydrogen) atoms. The molecule has 268 valence electrons. The number of nitrogens with zero attached hydrogens (tertiary/aromatic N) is 3. The molecule has 0 radical (unpaired) electrons. The summed E-state index contributed by atoms with van der Waals surface area (Å²) in [4.78, 5) is 17.0. The zero-order valence-electron chi connectivity index (χ0n) is 29.0. The Morgan fingerprint density at radius 3 is 2.39 bits per heavy atom. The van der Waals surface area contributed by atoms with E-state index in [9.17, 15) is 13.2 Å². The van der Waals surface area contributed by atoms with Gasteiger partial charge in [-0.3, -0.25) is 4.90 Å². The van der Waals surface area contributed by atoms with Crippen molar-refractivity contribution in [2.75, 3.05) is 33.5 Å². The maximum atomic E-state index is 15.6. The minimum absolute atomic E-state index is 0.0161. The minimum Gasteiger partial charge on any atom is -0.494 e. The molecule has 1 aliphatic rings. The Morgan fingerprint density at radius 2 is 1.73 bits per heavy atom. The molecule has 13 heteroatoms. The van der Waals surface area contributed by atoms with Gasteiger partial charge < -0.3 is 19.7 Å². The molecule has 0 aromatic heterocycles. The Bertz CT molecular complexity index is 1690. The van der Waals surface area contributed by atoms with Crippen molar-refractivity contribution >= 4 is 39.3 Å². The van der Waals surface area contributed by atoms with Crippen LogP contribution in [0.1, 0.15) is 55.9 Å². The maximum absolute atomic E-state index is 15.6. The van der Waals surface area contributed by atoms with Crippen molar-refractivity contribution in [3.8, 4) is 5.75 Å². The number of hydrogen-bond donors (Lipinski definition) is 1. The van der Waals surface area contributed by atoms with E-state index in [0.717, 1.165) is 29.7 Å². The molecule has 0 bridgehead atoms. The molecule has 2 atom stereocenters. The number of carbonyl (C=O) groups excluding carboxylic acids is 1. The highest BCUT2D eigenvalue weighted by Crippen LogP contribution is 2.32. The smallest absolute Gasteiger partial charge is 0.409 e. The summed E-state index contributed by atoms with van der Waals surface area (Å²) in [5.41, 5.74) is 2.83. The molecule has 1 N–H and O–H groups in total. The average molecular weight is 738 g/mol. The first-order valence-corrected chi connectivity index (χ1v) is 18.6. The lowest BCUT2D eigenvalue weighted by atomic mass is 9.87. The van der Waals surface area contributed by atoms with Crippen molar-refractivity contribution in [3.63, 3.8) is 0 Å². The van der Waals surface area contributed by atoms with Gasteiger partial charge in [0.25, 0.3) is 0 Å². The summed E-state index contributed by atoms with van der Waals surface area (Å²) in [6, 6.07) is 17.9. The van der Waals surface area contributed by atoms with Gasteiger partial charge in [0, 0.05) is 60.8 Å². The molecule has 1 unspecified atom stereocenters. The SMILES string of the molecule is COc1ccc(Cl)c(CN(Cc2cccc(CN3C(OC(=O)NCc4ccc(Cl)cc4)CCS3(=O)=O)c2)[C@H](CN(C)C)CC(C)(C)C)c1F. The van der Waals surface area contributed by atoms with Crippen LogP contribution in [0.3, 0.4) is 0 Å². The Labute approximate surface area is 300 Å². The molecule has 0 aliphatic carbocycles. The summed E-state index contributed by atoms with van der Waals surface area (Å²) in [6.45, 7) is 8.21. The van der Waals surface area contributed by atoms with Gasteiger partial charge in [-0.2, -0.15) is 4.31 Å². The van der Waals surface area contributed by atoms with Gasteiger partial charge in [0.05, 0.1) is 12.9 Å². The number of benzene rings is 3. The number of ether oxygens (including phenoxy) is 2. The van der Waals surface area contributed by atoms with Gasteiger partial charge in [-0.05, 0) is 66.9 Å². The van der Waals surface area contributed by atoms with E-state index >= 15 is 4.39 Å². The lowest BCUT2D eigenvalue weighted by molar-refractivity contribution is 0.0358. The van der Waals surface area contributed by atoms with Crippen LogP contribution in [0.4, 0.5) is 9.18 Å². The molecular formula is C36H47Cl2FN4O5S. The summed E-state index contributed by atoms with van der Waals surface area (Å²) in [5, 5.41) is 3.59. The number of rotatable bonds is 14. The molecule has 0 saturated carbocycles. The number of halogens is 3. The second kappa shape index (κ2) is 16.9. The molecule has 1 amide bonds. The first-order valence-electron chi connectivity index (χ1n) is 16.2. The van der Waals surface area contributed by atoms with Crippen LogP contribution in [0, 0.1) is 11.2 Å². The van der Waals surface area contributed by atoms with Crippen LogP contribution in [0.25, 0.3) is 0 Å². The third-order valence-corrected chi connectivity index (χ3v) is 10.7. The van der Waals surface area contributed by atoms with E-state index in [1.807, 2.05) is 38.4 Å². The number of carbonyl (C=O) groups is 1. The largest absolute Gasteiger partial charge is 0.494 e. The van der Waals surface area contributed by atoms with Gasteiger partial charge in [-0.1, -0.05) is 80.4 Å². The fourth-order valence-electron chi connectivity index (χ4n) is 6.02. The average Bonchev–Trinajstić information content (AvgIpc) is 3.29. The Kier molecular flexibility index (Phi) is 13.4. The highest BCUT2D eigenvalue weighted by atomic mass is 35.5. The van der Waals surface area contributed by atoms with Gasteiger partial charge in [0.15, 0.2) is 17.8 Å². The van der Waals surface area contributed by atoms with E-state index in [2.05, 4.69) is 35.9 Å². The number of alkyl carbamates (subject to hydrolysis) is 1. The summed E-state index contributed by atoms with van der Waals surface area (Å²) < 4.78 is 53.9. The normalized spacial score (nSPS) is 17.0. The first-order chi connectivity index (χ1) is 23.0. The van der Waals surface area contributed by atoms with Crippen LogP contribution in [0.5, 0.6) is 5.75 Å². The highest BCUT2D eigenvalue weighted by Gasteiger charge is 2.40. The Balaban J connectivity index is 1.55. The number of sulfonamides is 1. The molecule has 3 aromatic rings. The second-order valence-corrected chi connectivity index (χ2v) is 16.8. The van der Waals surface area contributed by atoms with Crippen LogP contribution >= 0.6 is 23.2 Å². The maximum Gasteiger partial charge on any atom is 0.409 e. The highest BCUT2D eigenvalue weighted by molar-refractivity contribution is 7.89. The quantitative estimate of drug-likeness (QED) is 0.186. The Morgan fingerprint density at radius 1 is 1.04 bits per heavy atom. The molecular weight excluding hydrogens is 690 g/mol. The van der Waals surface area contributed by atoms with Gasteiger partial charge in [-0.25, -0.2) is 17.6 Å². The third kappa shape index (κ3) is 11.3. The standard InChI is InChI=1S/C36H47Cl2FN4O5S/c1-36(2,3)19-29(23-41(4)5)42(24-30-31(38)14-15-32(47-6)34(30)39)21-26-8-7-9-27(18-26)22-43-33(16-17-49(43,45)46)48-35(44)40-20-25-10-12-28(37)13-11-25/h7-15,18,29,33H,16-17,19-24H2,1-6H3,(H,40,44)/t29-,33?/m0/s1. The van der Waals surface area contributed by atoms with E-state index in [1.54, 1.807) is 30.3 Å². The van der Waals surface area contributed by atoms with Gasteiger partial charge in [0.2, 0.25) is 10.0 Å². The van der Waals surface area contributed by atoms with Crippen molar-refractivity contribution in [1.82, 2.24) is 19.4 Å². The van der Waals surface area contributed by atoms with Crippen LogP contribution in [0.15, 0.2) is 60.7 Å². The lowest BCUT2D eigenvalue weighted by Gasteiger charge is -2.38. The minimum atomic E-state index is -3.66. The number of likely N-dealkylation sites (N-methyl/N-ethyl adjacent to an activating group) is 1. The predicted octanol–water partition coefficient (Wildman–Crippen LogP) is 7.30. The van der Waals surface area contributed by atoms with E-state index in [1.165, 1.54) is 17.5 Å². The predicted molar refractivity (Wildman–Crippen MR) is 193 cm³/mol. The van der Waals surface area contributed by atoms with Crippen LogP contribution in [0.2, 0.25) is 10.0 Å². The fraction of sp³-hybridized carbons (Fsp3) is 0.472. The van der Waals surface area contributed by atoms with E-state index in [4.69, 9.17) is 32.7 Å². The lowest BCUT2D eigenvalue weighted by Crippen LogP contribution is -2.43. The molecule has 3 aromatic carbocycles. The van der Waals surface area contributed by atoms with Crippen molar-refractivity contribution in [3.05, 3.63) is 98.8 Å².